The molecular formula is C30H45PS. The van der Waals surface area contributed by atoms with Crippen LogP contribution in [0.1, 0.15) is 91.9 Å². The normalized spacial score (nSPS) is 12.5. The molecule has 2 aromatic rings. The number of thioether (sulfide) groups is 1. The van der Waals surface area contributed by atoms with Crippen LogP contribution in [-0.2, 0) is 0 Å². The van der Waals surface area contributed by atoms with E-state index in [1.54, 1.807) is 4.91 Å². The van der Waals surface area contributed by atoms with E-state index in [0.717, 1.165) is 0 Å². The van der Waals surface area contributed by atoms with Gasteiger partial charge in [0.05, 0.1) is 0 Å². The average molecular weight is 469 g/mol. The van der Waals surface area contributed by atoms with Gasteiger partial charge in [0, 0.05) is 0 Å². The van der Waals surface area contributed by atoms with Crippen molar-refractivity contribution in [2.45, 2.75) is 91.9 Å². The van der Waals surface area contributed by atoms with Crippen molar-refractivity contribution in [2.24, 2.45) is 5.41 Å². The first-order valence-corrected chi connectivity index (χ1v) is 15.2. The van der Waals surface area contributed by atoms with Crippen LogP contribution in [0.5, 0.6) is 0 Å². The summed E-state index contributed by atoms with van der Waals surface area (Å²) < 4.78 is 0. The summed E-state index contributed by atoms with van der Waals surface area (Å²) in [5.41, 5.74) is 0.188. The third-order valence-electron chi connectivity index (χ3n) is 5.81. The first-order chi connectivity index (χ1) is 15.5. The first kappa shape index (κ1) is 27.2. The van der Waals surface area contributed by atoms with E-state index in [9.17, 15) is 0 Å². The van der Waals surface area contributed by atoms with Gasteiger partial charge in [0.15, 0.2) is 0 Å². The van der Waals surface area contributed by atoms with Crippen molar-refractivity contribution in [3.8, 4) is 0 Å². The van der Waals surface area contributed by atoms with Gasteiger partial charge in [0.25, 0.3) is 0 Å². The van der Waals surface area contributed by atoms with Crippen LogP contribution in [0.2, 0.25) is 0 Å². The molecule has 0 aromatic heterocycles. The smallest absolute Gasteiger partial charge is 0.00230 e. The molecule has 0 bridgehead atoms. The molecule has 0 saturated heterocycles. The summed E-state index contributed by atoms with van der Waals surface area (Å²) in [7, 11) is -0.477. The van der Waals surface area contributed by atoms with Crippen molar-refractivity contribution in [1.29, 1.82) is 0 Å². The number of benzene rings is 2. The lowest BCUT2D eigenvalue weighted by atomic mass is 9.97. The Bertz CT molecular complexity index is 706. The second-order valence-corrected chi connectivity index (χ2v) is 13.0. The molecule has 0 radical (unpaired) electrons. The maximum atomic E-state index is 2.60. The third-order valence-corrected chi connectivity index (χ3v) is 9.74. The van der Waals surface area contributed by atoms with Crippen molar-refractivity contribution in [3.05, 3.63) is 71.4 Å². The molecule has 0 aliphatic heterocycles. The van der Waals surface area contributed by atoms with Crippen molar-refractivity contribution in [2.75, 3.05) is 5.75 Å². The predicted octanol–water partition coefficient (Wildman–Crippen LogP) is 9.66. The fourth-order valence-corrected chi connectivity index (χ4v) is 7.63. The molecule has 0 amide bonds. The minimum absolute atomic E-state index is 0.188. The molecule has 0 N–H and O–H groups in total. The Kier molecular flexibility index (Phi) is 13.4. The van der Waals surface area contributed by atoms with Crippen LogP contribution in [0, 0.1) is 5.41 Å². The second kappa shape index (κ2) is 15.7. The molecule has 0 fully saturated rings. The van der Waals surface area contributed by atoms with Crippen LogP contribution in [0.4, 0.5) is 0 Å². The Morgan fingerprint density at radius 2 is 1.12 bits per heavy atom. The SMILES string of the molecule is CCCCCCCCCCCCS/C(=C\P(c1ccccc1)c1ccccc1)C(C)(C)C. The summed E-state index contributed by atoms with van der Waals surface area (Å²) in [6.07, 6.45) is 14.1. The highest BCUT2D eigenvalue weighted by molar-refractivity contribution is 8.03. The van der Waals surface area contributed by atoms with Crippen molar-refractivity contribution in [3.63, 3.8) is 0 Å². The first-order valence-electron chi connectivity index (χ1n) is 12.8. The van der Waals surface area contributed by atoms with Gasteiger partial charge in [0.1, 0.15) is 0 Å². The lowest BCUT2D eigenvalue weighted by Gasteiger charge is -2.25. The summed E-state index contributed by atoms with van der Waals surface area (Å²) in [5, 5.41) is 2.88. The number of allylic oxidation sites excluding steroid dienone is 1. The van der Waals surface area contributed by atoms with Gasteiger partial charge in [0.2, 0.25) is 0 Å². The average Bonchev–Trinajstić information content (AvgIpc) is 2.80. The van der Waals surface area contributed by atoms with Gasteiger partial charge in [-0.1, -0.05) is 146 Å². The largest absolute Gasteiger partial charge is 0.130 e. The number of unbranched alkanes of at least 4 members (excludes halogenated alkanes) is 9. The van der Waals surface area contributed by atoms with E-state index in [1.807, 2.05) is 0 Å². The van der Waals surface area contributed by atoms with Gasteiger partial charge in [-0.05, 0) is 46.8 Å². The van der Waals surface area contributed by atoms with E-state index in [2.05, 4.69) is 106 Å². The van der Waals surface area contributed by atoms with Crippen molar-refractivity contribution >= 4 is 30.3 Å². The molecule has 0 atom stereocenters. The maximum Gasteiger partial charge on any atom is -0.00230 e. The zero-order valence-corrected chi connectivity index (χ0v) is 22.7. The maximum absolute atomic E-state index is 2.60. The molecule has 0 aliphatic carbocycles. The van der Waals surface area contributed by atoms with Gasteiger partial charge in [-0.15, -0.1) is 11.8 Å². The number of hydrogen-bond acceptors (Lipinski definition) is 1. The van der Waals surface area contributed by atoms with Crippen LogP contribution in [0.15, 0.2) is 71.4 Å². The van der Waals surface area contributed by atoms with Crippen LogP contribution < -0.4 is 10.6 Å². The molecule has 2 aromatic carbocycles. The molecule has 0 nitrogen and oxygen atoms in total. The minimum Gasteiger partial charge on any atom is -0.130 e. The molecule has 2 heteroatoms. The van der Waals surface area contributed by atoms with E-state index in [0.29, 0.717) is 0 Å². The topological polar surface area (TPSA) is 0 Å². The lowest BCUT2D eigenvalue weighted by molar-refractivity contribution is 0.534. The number of rotatable bonds is 15. The Hall–Kier alpha value is -1.04. The Balaban J connectivity index is 1.90. The highest BCUT2D eigenvalue weighted by Crippen LogP contribution is 2.44. The minimum atomic E-state index is -0.477. The molecular weight excluding hydrogens is 423 g/mol. The Morgan fingerprint density at radius 1 is 0.688 bits per heavy atom. The van der Waals surface area contributed by atoms with Crippen LogP contribution in [-0.4, -0.2) is 5.75 Å². The zero-order chi connectivity index (χ0) is 23.1. The molecule has 0 aliphatic rings. The molecule has 0 unspecified atom stereocenters. The lowest BCUT2D eigenvalue weighted by Crippen LogP contribution is -2.13. The summed E-state index contributed by atoms with van der Waals surface area (Å²) in [6, 6.07) is 22.1. The summed E-state index contributed by atoms with van der Waals surface area (Å²) >= 11 is 2.10. The van der Waals surface area contributed by atoms with E-state index in [-0.39, 0.29) is 5.41 Å². The second-order valence-electron chi connectivity index (χ2n) is 9.81. The van der Waals surface area contributed by atoms with Crippen LogP contribution in [0.25, 0.3) is 0 Å². The van der Waals surface area contributed by atoms with E-state index in [4.69, 9.17) is 0 Å². The van der Waals surface area contributed by atoms with E-state index >= 15 is 0 Å². The third kappa shape index (κ3) is 10.7. The molecule has 0 saturated carbocycles. The summed E-state index contributed by atoms with van der Waals surface area (Å²) in [4.78, 5) is 1.55. The predicted molar refractivity (Wildman–Crippen MR) is 151 cm³/mol. The summed E-state index contributed by atoms with van der Waals surface area (Å²) in [6.45, 7) is 9.40. The monoisotopic (exact) mass is 468 g/mol. The fourth-order valence-electron chi connectivity index (χ4n) is 3.81. The standard InChI is InChI=1S/C30H45PS/c1-5-6-7-8-9-10-11-12-13-20-25-32-29(30(2,3)4)26-31(27-21-16-14-17-22-27)28-23-18-15-19-24-28/h14-19,21-24,26H,5-13,20,25H2,1-4H3/b29-26-. The molecule has 2 rings (SSSR count). The Labute approximate surface area is 204 Å². The van der Waals surface area contributed by atoms with Gasteiger partial charge in [-0.25, -0.2) is 0 Å². The zero-order valence-electron chi connectivity index (χ0n) is 21.0. The van der Waals surface area contributed by atoms with Gasteiger partial charge in [-0.2, -0.15) is 0 Å². The van der Waals surface area contributed by atoms with Crippen molar-refractivity contribution in [1.82, 2.24) is 0 Å². The molecule has 32 heavy (non-hydrogen) atoms. The highest BCUT2D eigenvalue weighted by atomic mass is 32.2. The molecule has 0 heterocycles. The highest BCUT2D eigenvalue weighted by Gasteiger charge is 2.21. The van der Waals surface area contributed by atoms with Crippen molar-refractivity contribution < 1.29 is 0 Å². The Morgan fingerprint density at radius 3 is 1.56 bits per heavy atom. The van der Waals surface area contributed by atoms with E-state index in [1.165, 1.54) is 80.6 Å². The van der Waals surface area contributed by atoms with Gasteiger partial charge < -0.3 is 0 Å². The summed E-state index contributed by atoms with van der Waals surface area (Å²) in [5.74, 6) is 3.84. The van der Waals surface area contributed by atoms with E-state index < -0.39 is 7.92 Å². The van der Waals surface area contributed by atoms with Gasteiger partial charge >= 0.3 is 0 Å². The number of hydrogen-bond donors (Lipinski definition) is 0. The molecule has 176 valence electrons. The molecule has 0 spiro atoms. The van der Waals surface area contributed by atoms with Gasteiger partial charge in [-0.3, -0.25) is 0 Å². The van der Waals surface area contributed by atoms with Crippen LogP contribution >= 0.6 is 19.7 Å². The fraction of sp³-hybridized carbons (Fsp3) is 0.533. The quantitative estimate of drug-likeness (QED) is 0.185. The van der Waals surface area contributed by atoms with Crippen LogP contribution in [0.3, 0.4) is 0 Å².